The first-order valence-corrected chi connectivity index (χ1v) is 11.8. The van der Waals surface area contributed by atoms with Crippen LogP contribution < -0.4 is 16.0 Å². The Morgan fingerprint density at radius 1 is 1.27 bits per heavy atom. The van der Waals surface area contributed by atoms with Gasteiger partial charge in [0.1, 0.15) is 5.84 Å². The van der Waals surface area contributed by atoms with E-state index in [9.17, 15) is 9.59 Å². The summed E-state index contributed by atoms with van der Waals surface area (Å²) in [5, 5.41) is 9.59. The van der Waals surface area contributed by atoms with Crippen molar-refractivity contribution in [2.24, 2.45) is 10.9 Å². The van der Waals surface area contributed by atoms with E-state index in [2.05, 4.69) is 39.7 Å². The largest absolute Gasteiger partial charge is 0.330 e. The van der Waals surface area contributed by atoms with Crippen LogP contribution in [-0.4, -0.2) is 79.9 Å². The minimum absolute atomic E-state index is 0.0190. The molecule has 33 heavy (non-hydrogen) atoms. The van der Waals surface area contributed by atoms with E-state index >= 15 is 0 Å². The van der Waals surface area contributed by atoms with E-state index in [1.807, 2.05) is 49.3 Å². The second kappa shape index (κ2) is 9.65. The zero-order valence-electron chi connectivity index (χ0n) is 20.1. The summed E-state index contributed by atoms with van der Waals surface area (Å²) in [6, 6.07) is 9.83. The topological polar surface area (TPSA) is 89.1 Å². The number of rotatable bonds is 5. The van der Waals surface area contributed by atoms with Crippen LogP contribution in [0.5, 0.6) is 0 Å². The molecule has 2 atom stereocenters. The number of piperidine rings is 1. The first-order chi connectivity index (χ1) is 15.8. The molecule has 0 saturated carbocycles. The molecule has 1 fully saturated rings. The van der Waals surface area contributed by atoms with E-state index in [-0.39, 0.29) is 23.9 Å². The number of urea groups is 1. The SMILES string of the molecule is CN(C)C[C@@H](NC(=O)N1CC2=C(CN=C2NC(=O)[C@@H]2CCCNC2)C1(C)C)c1ccccc1. The van der Waals surface area contributed by atoms with Gasteiger partial charge in [0.15, 0.2) is 0 Å². The van der Waals surface area contributed by atoms with Crippen molar-refractivity contribution in [1.29, 1.82) is 0 Å². The maximum absolute atomic E-state index is 13.5. The molecule has 1 aromatic rings. The Kier molecular flexibility index (Phi) is 6.86. The molecule has 3 heterocycles. The molecule has 178 valence electrons. The lowest BCUT2D eigenvalue weighted by Gasteiger charge is -2.36. The highest BCUT2D eigenvalue weighted by molar-refractivity contribution is 6.11. The summed E-state index contributed by atoms with van der Waals surface area (Å²) >= 11 is 0. The van der Waals surface area contributed by atoms with E-state index in [0.29, 0.717) is 32.0 Å². The van der Waals surface area contributed by atoms with Crippen molar-refractivity contribution in [2.45, 2.75) is 38.3 Å². The van der Waals surface area contributed by atoms with Gasteiger partial charge in [0.05, 0.1) is 30.6 Å². The average molecular weight is 453 g/mol. The smallest absolute Gasteiger partial charge is 0.318 e. The number of nitrogens with zero attached hydrogens (tertiary/aromatic N) is 3. The third-order valence-corrected chi connectivity index (χ3v) is 6.98. The number of amides is 3. The highest BCUT2D eigenvalue weighted by Crippen LogP contribution is 2.38. The minimum Gasteiger partial charge on any atom is -0.330 e. The van der Waals surface area contributed by atoms with Gasteiger partial charge in [-0.25, -0.2) is 4.79 Å². The van der Waals surface area contributed by atoms with Gasteiger partial charge in [-0.15, -0.1) is 0 Å². The Hall–Kier alpha value is -2.71. The van der Waals surface area contributed by atoms with E-state index < -0.39 is 5.54 Å². The monoisotopic (exact) mass is 452 g/mol. The lowest BCUT2D eigenvalue weighted by molar-refractivity contribution is -0.124. The number of nitrogens with one attached hydrogen (secondary N) is 3. The van der Waals surface area contributed by atoms with Crippen molar-refractivity contribution in [3.05, 3.63) is 47.0 Å². The molecular weight excluding hydrogens is 416 g/mol. The summed E-state index contributed by atoms with van der Waals surface area (Å²) in [6.45, 7) is 7.46. The van der Waals surface area contributed by atoms with Gasteiger partial charge < -0.3 is 25.8 Å². The molecule has 0 aromatic heterocycles. The summed E-state index contributed by atoms with van der Waals surface area (Å²) in [5.41, 5.74) is 2.70. The van der Waals surface area contributed by atoms with Gasteiger partial charge in [-0.2, -0.15) is 0 Å². The van der Waals surface area contributed by atoms with Gasteiger partial charge in [-0.3, -0.25) is 9.79 Å². The fourth-order valence-corrected chi connectivity index (χ4v) is 4.99. The summed E-state index contributed by atoms with van der Waals surface area (Å²) < 4.78 is 0. The van der Waals surface area contributed by atoms with Crippen molar-refractivity contribution in [2.75, 3.05) is 46.8 Å². The zero-order chi connectivity index (χ0) is 23.6. The second-order valence-corrected chi connectivity index (χ2v) is 9.97. The Labute approximate surface area is 196 Å². The molecule has 3 aliphatic heterocycles. The Balaban J connectivity index is 1.45. The summed E-state index contributed by atoms with van der Waals surface area (Å²) in [5.74, 6) is 0.625. The fourth-order valence-electron chi connectivity index (χ4n) is 4.99. The number of aliphatic imine (C=N–C) groups is 1. The first kappa shape index (κ1) is 23.4. The van der Waals surface area contributed by atoms with E-state index in [0.717, 1.165) is 36.1 Å². The summed E-state index contributed by atoms with van der Waals surface area (Å²) in [7, 11) is 4.01. The second-order valence-electron chi connectivity index (χ2n) is 9.97. The molecule has 0 spiro atoms. The highest BCUT2D eigenvalue weighted by Gasteiger charge is 2.46. The fraction of sp³-hybridized carbons (Fsp3) is 0.560. The molecule has 4 rings (SSSR count). The van der Waals surface area contributed by atoms with Crippen LogP contribution in [0.1, 0.15) is 38.3 Å². The molecule has 0 unspecified atom stereocenters. The Morgan fingerprint density at radius 2 is 2.03 bits per heavy atom. The molecule has 8 nitrogen and oxygen atoms in total. The Morgan fingerprint density at radius 3 is 2.70 bits per heavy atom. The van der Waals surface area contributed by atoms with Gasteiger partial charge in [-0.1, -0.05) is 30.3 Å². The van der Waals surface area contributed by atoms with Crippen LogP contribution in [0.4, 0.5) is 4.79 Å². The van der Waals surface area contributed by atoms with E-state index in [4.69, 9.17) is 0 Å². The van der Waals surface area contributed by atoms with E-state index in [1.165, 1.54) is 0 Å². The van der Waals surface area contributed by atoms with Crippen molar-refractivity contribution in [1.82, 2.24) is 25.8 Å². The predicted molar refractivity (Wildman–Crippen MR) is 130 cm³/mol. The van der Waals surface area contributed by atoms with Crippen LogP contribution in [0.3, 0.4) is 0 Å². The normalized spacial score (nSPS) is 22.8. The number of hydrogen-bond acceptors (Lipinski definition) is 5. The molecule has 1 aromatic carbocycles. The van der Waals surface area contributed by atoms with Crippen molar-refractivity contribution < 1.29 is 9.59 Å². The van der Waals surface area contributed by atoms with Gasteiger partial charge in [0, 0.05) is 18.7 Å². The molecule has 8 heteroatoms. The van der Waals surface area contributed by atoms with Crippen LogP contribution in [0.2, 0.25) is 0 Å². The molecule has 1 saturated heterocycles. The van der Waals surface area contributed by atoms with Crippen LogP contribution in [0.25, 0.3) is 0 Å². The van der Waals surface area contributed by atoms with Crippen LogP contribution in [0.15, 0.2) is 46.5 Å². The van der Waals surface area contributed by atoms with Gasteiger partial charge in [0.2, 0.25) is 5.91 Å². The minimum atomic E-state index is -0.471. The van der Waals surface area contributed by atoms with E-state index in [1.54, 1.807) is 0 Å². The highest BCUT2D eigenvalue weighted by atomic mass is 16.2. The third kappa shape index (κ3) is 4.96. The maximum Gasteiger partial charge on any atom is 0.318 e. The zero-order valence-corrected chi connectivity index (χ0v) is 20.1. The number of likely N-dealkylation sites (N-methyl/N-ethyl adjacent to an activating group) is 1. The number of amidine groups is 1. The molecular formula is C25H36N6O2. The quantitative estimate of drug-likeness (QED) is 0.637. The lowest BCUT2D eigenvalue weighted by atomic mass is 9.94. The van der Waals surface area contributed by atoms with Crippen LogP contribution >= 0.6 is 0 Å². The summed E-state index contributed by atoms with van der Waals surface area (Å²) in [4.78, 5) is 34.8. The molecule has 0 bridgehead atoms. The first-order valence-electron chi connectivity index (χ1n) is 11.8. The molecule has 3 aliphatic rings. The number of carbonyl (C=O) groups excluding carboxylic acids is 2. The molecule has 3 amide bonds. The molecule has 0 aliphatic carbocycles. The van der Waals surface area contributed by atoms with Gasteiger partial charge in [0.25, 0.3) is 0 Å². The maximum atomic E-state index is 13.5. The number of benzene rings is 1. The van der Waals surface area contributed by atoms with Crippen molar-refractivity contribution in [3.63, 3.8) is 0 Å². The number of carbonyl (C=O) groups is 2. The van der Waals surface area contributed by atoms with Gasteiger partial charge >= 0.3 is 6.03 Å². The molecule has 3 N–H and O–H groups in total. The van der Waals surface area contributed by atoms with Crippen molar-refractivity contribution in [3.8, 4) is 0 Å². The summed E-state index contributed by atoms with van der Waals surface area (Å²) in [6.07, 6.45) is 1.90. The van der Waals surface area contributed by atoms with Crippen LogP contribution in [0, 0.1) is 5.92 Å². The van der Waals surface area contributed by atoms with Crippen molar-refractivity contribution >= 4 is 17.8 Å². The molecule has 0 radical (unpaired) electrons. The number of hydrogen-bond donors (Lipinski definition) is 3. The third-order valence-electron chi connectivity index (χ3n) is 6.98. The predicted octanol–water partition coefficient (Wildman–Crippen LogP) is 1.92. The lowest BCUT2D eigenvalue weighted by Crippen LogP contribution is -2.52. The average Bonchev–Trinajstić information content (AvgIpc) is 3.32. The standard InChI is InChI=1S/C25H36N6O2/c1-25(2)20-14-27-22(29-23(32)18-11-8-12-26-13-18)19(20)15-31(25)24(33)28-21(16-30(3)4)17-9-6-5-7-10-17/h5-7,9-10,18,21,26H,8,11-16H2,1-4H3,(H,28,33)(H,27,29,32)/t18-,21-/m1/s1. The van der Waals surface area contributed by atoms with Crippen LogP contribution in [-0.2, 0) is 4.79 Å². The Bertz CT molecular complexity index is 947. The van der Waals surface area contributed by atoms with Gasteiger partial charge in [-0.05, 0) is 58.5 Å².